The van der Waals surface area contributed by atoms with E-state index in [2.05, 4.69) is 28.9 Å². The molecular formula is C20H26N4O3. The van der Waals surface area contributed by atoms with E-state index in [4.69, 9.17) is 4.42 Å². The zero-order valence-electron chi connectivity index (χ0n) is 15.9. The van der Waals surface area contributed by atoms with Crippen LogP contribution in [0.5, 0.6) is 0 Å². The fourth-order valence-corrected chi connectivity index (χ4v) is 4.10. The van der Waals surface area contributed by atoms with Crippen LogP contribution in [0.25, 0.3) is 0 Å². The molecule has 1 aliphatic carbocycles. The molecule has 2 amide bonds. The van der Waals surface area contributed by atoms with Crippen molar-refractivity contribution in [2.45, 2.75) is 58.2 Å². The minimum atomic E-state index is -0.288. The average Bonchev–Trinajstić information content (AvgIpc) is 3.35. The van der Waals surface area contributed by atoms with Crippen LogP contribution in [-0.4, -0.2) is 39.1 Å². The van der Waals surface area contributed by atoms with Gasteiger partial charge in [0.2, 0.25) is 11.8 Å². The predicted octanol–water partition coefficient (Wildman–Crippen LogP) is 2.08. The molecule has 2 unspecified atom stereocenters. The molecule has 1 aliphatic heterocycles. The van der Waals surface area contributed by atoms with Crippen LogP contribution in [0.1, 0.15) is 49.7 Å². The number of aryl methyl sites for hydroxylation is 1. The van der Waals surface area contributed by atoms with Crippen molar-refractivity contribution >= 4 is 11.8 Å². The monoisotopic (exact) mass is 370 g/mol. The number of nitrogens with one attached hydrogen (secondary N) is 1. The Balaban J connectivity index is 1.35. The second kappa shape index (κ2) is 7.21. The van der Waals surface area contributed by atoms with E-state index in [-0.39, 0.29) is 30.2 Å². The molecule has 1 fully saturated rings. The van der Waals surface area contributed by atoms with Gasteiger partial charge in [0.15, 0.2) is 0 Å². The Bertz CT molecular complexity index is 824. The fraction of sp³-hybridized carbons (Fsp3) is 0.550. The maximum absolute atomic E-state index is 12.7. The average molecular weight is 370 g/mol. The molecule has 2 aromatic heterocycles. The standard InChI is InChI=1S/C20H26N4O3/c1-13(2)24-18-9-16(6-5-14(18)10-21-24)22-20(26)15-8-19(25)23(11-15)12-17-4-3-7-27-17/h3-4,7,10,13,15-16H,5-6,8-9,11-12H2,1-2H3,(H,22,26). The first-order valence-electron chi connectivity index (χ1n) is 9.67. The summed E-state index contributed by atoms with van der Waals surface area (Å²) in [5.74, 6) is 0.444. The van der Waals surface area contributed by atoms with E-state index in [1.165, 1.54) is 11.3 Å². The molecule has 2 atom stereocenters. The molecule has 27 heavy (non-hydrogen) atoms. The highest BCUT2D eigenvalue weighted by atomic mass is 16.3. The lowest BCUT2D eigenvalue weighted by Gasteiger charge is -2.26. The van der Waals surface area contributed by atoms with E-state index in [0.717, 1.165) is 25.0 Å². The van der Waals surface area contributed by atoms with E-state index < -0.39 is 0 Å². The number of hydrogen-bond acceptors (Lipinski definition) is 4. The molecule has 0 aromatic carbocycles. The number of fused-ring (bicyclic) bond motifs is 1. The van der Waals surface area contributed by atoms with Gasteiger partial charge in [-0.05, 0) is 44.4 Å². The summed E-state index contributed by atoms with van der Waals surface area (Å²) in [4.78, 5) is 26.7. The highest BCUT2D eigenvalue weighted by Gasteiger charge is 2.36. The molecule has 0 spiro atoms. The van der Waals surface area contributed by atoms with Crippen LogP contribution in [0.2, 0.25) is 0 Å². The zero-order valence-corrected chi connectivity index (χ0v) is 15.9. The van der Waals surface area contributed by atoms with Gasteiger partial charge in [-0.1, -0.05) is 0 Å². The number of amides is 2. The molecule has 1 N–H and O–H groups in total. The van der Waals surface area contributed by atoms with Crippen LogP contribution in [0.4, 0.5) is 0 Å². The Morgan fingerprint density at radius 2 is 2.26 bits per heavy atom. The number of carbonyl (C=O) groups excluding carboxylic acids is 2. The number of carbonyl (C=O) groups is 2. The Morgan fingerprint density at radius 3 is 3.00 bits per heavy atom. The molecule has 7 heteroatoms. The minimum Gasteiger partial charge on any atom is -0.467 e. The second-order valence-electron chi connectivity index (χ2n) is 7.86. The fourth-order valence-electron chi connectivity index (χ4n) is 4.10. The van der Waals surface area contributed by atoms with Crippen molar-refractivity contribution in [1.29, 1.82) is 0 Å². The predicted molar refractivity (Wildman–Crippen MR) is 98.8 cm³/mol. The van der Waals surface area contributed by atoms with Gasteiger partial charge >= 0.3 is 0 Å². The van der Waals surface area contributed by atoms with E-state index >= 15 is 0 Å². The van der Waals surface area contributed by atoms with Gasteiger partial charge in [0.1, 0.15) is 5.76 Å². The lowest BCUT2D eigenvalue weighted by Crippen LogP contribution is -2.43. The molecule has 4 rings (SSSR count). The third kappa shape index (κ3) is 3.63. The summed E-state index contributed by atoms with van der Waals surface area (Å²) in [6.45, 7) is 5.11. The minimum absolute atomic E-state index is 0.00960. The second-order valence-corrected chi connectivity index (χ2v) is 7.86. The van der Waals surface area contributed by atoms with Gasteiger partial charge in [0, 0.05) is 37.2 Å². The van der Waals surface area contributed by atoms with Crippen LogP contribution in [0, 0.1) is 5.92 Å². The maximum atomic E-state index is 12.7. The van der Waals surface area contributed by atoms with Crippen LogP contribution < -0.4 is 5.32 Å². The number of nitrogens with zero attached hydrogens (tertiary/aromatic N) is 3. The van der Waals surface area contributed by atoms with Crippen molar-refractivity contribution in [3.63, 3.8) is 0 Å². The SMILES string of the molecule is CC(C)n1ncc2c1CC(NC(=O)C1CC(=O)N(Cc3ccco3)C1)CC2. The van der Waals surface area contributed by atoms with Gasteiger partial charge in [0.05, 0.1) is 24.9 Å². The Hall–Kier alpha value is -2.57. The number of hydrogen-bond donors (Lipinski definition) is 1. The lowest BCUT2D eigenvalue weighted by atomic mass is 9.92. The Labute approximate surface area is 158 Å². The van der Waals surface area contributed by atoms with Crippen molar-refractivity contribution in [2.24, 2.45) is 5.92 Å². The van der Waals surface area contributed by atoms with Crippen molar-refractivity contribution in [1.82, 2.24) is 20.0 Å². The quantitative estimate of drug-likeness (QED) is 0.874. The summed E-state index contributed by atoms with van der Waals surface area (Å²) in [7, 11) is 0. The summed E-state index contributed by atoms with van der Waals surface area (Å²) in [6, 6.07) is 4.07. The lowest BCUT2D eigenvalue weighted by molar-refractivity contribution is -0.129. The summed E-state index contributed by atoms with van der Waals surface area (Å²) >= 11 is 0. The number of aromatic nitrogens is 2. The molecule has 1 saturated heterocycles. The molecular weight excluding hydrogens is 344 g/mol. The molecule has 0 saturated carbocycles. The van der Waals surface area contributed by atoms with Crippen molar-refractivity contribution < 1.29 is 14.0 Å². The molecule has 2 aromatic rings. The third-order valence-electron chi connectivity index (χ3n) is 5.53. The van der Waals surface area contributed by atoms with Gasteiger partial charge < -0.3 is 14.6 Å². The van der Waals surface area contributed by atoms with E-state index in [1.807, 2.05) is 12.3 Å². The molecule has 144 valence electrons. The molecule has 0 radical (unpaired) electrons. The van der Waals surface area contributed by atoms with E-state index in [9.17, 15) is 9.59 Å². The van der Waals surface area contributed by atoms with Crippen LogP contribution >= 0.6 is 0 Å². The van der Waals surface area contributed by atoms with E-state index in [1.54, 1.807) is 17.2 Å². The summed E-state index contributed by atoms with van der Waals surface area (Å²) in [5, 5.41) is 7.66. The van der Waals surface area contributed by atoms with Crippen molar-refractivity contribution in [2.75, 3.05) is 6.54 Å². The van der Waals surface area contributed by atoms with Crippen LogP contribution in [0.15, 0.2) is 29.0 Å². The van der Waals surface area contributed by atoms with Crippen LogP contribution in [-0.2, 0) is 29.0 Å². The summed E-state index contributed by atoms with van der Waals surface area (Å²) in [6.07, 6.45) is 6.47. The molecule has 0 bridgehead atoms. The first-order valence-corrected chi connectivity index (χ1v) is 9.67. The van der Waals surface area contributed by atoms with E-state index in [0.29, 0.717) is 19.1 Å². The zero-order chi connectivity index (χ0) is 19.0. The summed E-state index contributed by atoms with van der Waals surface area (Å²) in [5.41, 5.74) is 2.51. The topological polar surface area (TPSA) is 80.4 Å². The maximum Gasteiger partial charge on any atom is 0.225 e. The number of furan rings is 1. The summed E-state index contributed by atoms with van der Waals surface area (Å²) < 4.78 is 7.37. The van der Waals surface area contributed by atoms with Crippen molar-refractivity contribution in [3.05, 3.63) is 41.6 Å². The molecule has 3 heterocycles. The smallest absolute Gasteiger partial charge is 0.225 e. The van der Waals surface area contributed by atoms with Crippen molar-refractivity contribution in [3.8, 4) is 0 Å². The van der Waals surface area contributed by atoms with Gasteiger partial charge in [0.25, 0.3) is 0 Å². The normalized spacial score (nSPS) is 22.3. The van der Waals surface area contributed by atoms with Gasteiger partial charge in [-0.15, -0.1) is 0 Å². The Kier molecular flexibility index (Phi) is 4.76. The van der Waals surface area contributed by atoms with Gasteiger partial charge in [-0.2, -0.15) is 5.10 Å². The molecule has 2 aliphatic rings. The largest absolute Gasteiger partial charge is 0.467 e. The van der Waals surface area contributed by atoms with Gasteiger partial charge in [-0.3, -0.25) is 14.3 Å². The number of likely N-dealkylation sites (tertiary alicyclic amines) is 1. The van der Waals surface area contributed by atoms with Crippen LogP contribution in [0.3, 0.4) is 0 Å². The number of rotatable bonds is 5. The first-order chi connectivity index (χ1) is 13.0. The third-order valence-corrected chi connectivity index (χ3v) is 5.53. The highest BCUT2D eigenvalue weighted by Crippen LogP contribution is 2.25. The first kappa shape index (κ1) is 17.8. The highest BCUT2D eigenvalue weighted by molar-refractivity contribution is 5.89. The Morgan fingerprint density at radius 1 is 1.41 bits per heavy atom. The molecule has 7 nitrogen and oxygen atoms in total. The van der Waals surface area contributed by atoms with Gasteiger partial charge in [-0.25, -0.2) is 0 Å².